The Morgan fingerprint density at radius 1 is 1.15 bits per heavy atom. The molecule has 1 fully saturated rings. The average Bonchev–Trinajstić information content (AvgIpc) is 3.37. The highest BCUT2D eigenvalue weighted by molar-refractivity contribution is 7.17. The van der Waals surface area contributed by atoms with E-state index in [0.717, 1.165) is 53.0 Å². The third-order valence-corrected chi connectivity index (χ3v) is 7.96. The van der Waals surface area contributed by atoms with Gasteiger partial charge in [-0.3, -0.25) is 0 Å². The molecule has 168 valence electrons. The summed E-state index contributed by atoms with van der Waals surface area (Å²) >= 11 is 14.2. The molecule has 1 N–H and O–H groups in total. The molecule has 1 aromatic heterocycles. The molecule has 5 rings (SSSR count). The molecule has 1 aliphatic carbocycles. The van der Waals surface area contributed by atoms with Gasteiger partial charge >= 0.3 is 5.97 Å². The van der Waals surface area contributed by atoms with E-state index in [4.69, 9.17) is 28.3 Å². The van der Waals surface area contributed by atoms with Crippen molar-refractivity contribution in [3.8, 4) is 0 Å². The maximum atomic E-state index is 11.7. The summed E-state index contributed by atoms with van der Waals surface area (Å²) in [6.07, 6.45) is 5.00. The molecule has 1 aliphatic heterocycles. The number of aromatic carboxylic acids is 1. The van der Waals surface area contributed by atoms with Gasteiger partial charge in [0.05, 0.1) is 17.4 Å². The van der Waals surface area contributed by atoms with Crippen molar-refractivity contribution in [3.05, 3.63) is 85.8 Å². The Balaban J connectivity index is 1.64. The number of hydrogen-bond donors (Lipinski definition) is 1. The number of aryl methyl sites for hydroxylation is 1. The molecule has 33 heavy (non-hydrogen) atoms. The van der Waals surface area contributed by atoms with Crippen molar-refractivity contribution in [2.24, 2.45) is 11.0 Å². The first kappa shape index (κ1) is 22.1. The topological polar surface area (TPSA) is 65.8 Å². The van der Waals surface area contributed by atoms with Gasteiger partial charge in [-0.15, -0.1) is 0 Å². The largest absolute Gasteiger partial charge is 0.477 e. The summed E-state index contributed by atoms with van der Waals surface area (Å²) in [5.74, 6) is -0.862. The number of carboxylic acid groups (broad SMARTS) is 1. The summed E-state index contributed by atoms with van der Waals surface area (Å²) in [5, 5.41) is 18.4. The average molecular weight is 498 g/mol. The summed E-state index contributed by atoms with van der Waals surface area (Å²) in [7, 11) is 0. The van der Waals surface area contributed by atoms with Crippen LogP contribution >= 0.6 is 34.5 Å². The van der Waals surface area contributed by atoms with E-state index in [2.05, 4.69) is 11.1 Å². The highest BCUT2D eigenvalue weighted by Crippen LogP contribution is 2.48. The van der Waals surface area contributed by atoms with Crippen LogP contribution < -0.4 is 5.01 Å². The minimum absolute atomic E-state index is 0.116. The minimum Gasteiger partial charge on any atom is -0.477 e. The van der Waals surface area contributed by atoms with E-state index in [9.17, 15) is 9.90 Å². The Labute approximate surface area is 206 Å². The van der Waals surface area contributed by atoms with E-state index in [1.807, 2.05) is 53.5 Å². The van der Waals surface area contributed by atoms with Crippen LogP contribution in [0.15, 0.2) is 59.2 Å². The first-order valence-electron chi connectivity index (χ1n) is 10.7. The van der Waals surface area contributed by atoms with Gasteiger partial charge in [-0.2, -0.15) is 5.10 Å². The zero-order valence-electron chi connectivity index (χ0n) is 17.8. The molecule has 2 atom stereocenters. The standard InChI is InChI=1S/C25H21Cl2N3O2S/c1-14-23(24(31)32)33-25(28-14)30-22(17-9-3-5-12-20(17)27)18-10-6-8-16(21(18)29-30)13-15-7-2-4-11-19(15)26/h2-5,7,9,11-13,18,22H,6,8,10H2,1H3,(H,31,32)/b16-13+/t18-,22-/m1/s1. The van der Waals surface area contributed by atoms with Crippen molar-refractivity contribution >= 4 is 57.4 Å². The molecule has 1 saturated carbocycles. The molecule has 0 bridgehead atoms. The molecule has 0 radical (unpaired) electrons. The number of carboxylic acids is 1. The third-order valence-electron chi connectivity index (χ3n) is 6.14. The molecule has 2 aromatic carbocycles. The van der Waals surface area contributed by atoms with Gasteiger partial charge in [0.15, 0.2) is 0 Å². The molecule has 0 amide bonds. The smallest absolute Gasteiger partial charge is 0.347 e. The van der Waals surface area contributed by atoms with Crippen molar-refractivity contribution < 1.29 is 9.90 Å². The summed E-state index contributed by atoms with van der Waals surface area (Å²) < 4.78 is 0. The zero-order valence-corrected chi connectivity index (χ0v) is 20.2. The molecule has 3 aromatic rings. The van der Waals surface area contributed by atoms with Gasteiger partial charge in [0.2, 0.25) is 5.13 Å². The van der Waals surface area contributed by atoms with Gasteiger partial charge in [-0.1, -0.05) is 70.9 Å². The molecule has 0 saturated heterocycles. The Kier molecular flexibility index (Phi) is 5.99. The van der Waals surface area contributed by atoms with Crippen LogP contribution in [-0.2, 0) is 0 Å². The SMILES string of the molecule is Cc1nc(N2N=C3/C(=C/c4ccccc4Cl)CCC[C@H]3[C@H]2c2ccccc2Cl)sc1C(=O)O. The lowest BCUT2D eigenvalue weighted by Gasteiger charge is -2.30. The number of allylic oxidation sites excluding steroid dienone is 1. The fourth-order valence-corrected chi connectivity index (χ4v) is 5.97. The van der Waals surface area contributed by atoms with Crippen molar-refractivity contribution in [2.75, 3.05) is 5.01 Å². The summed E-state index contributed by atoms with van der Waals surface area (Å²) in [6, 6.07) is 15.4. The van der Waals surface area contributed by atoms with E-state index in [0.29, 0.717) is 20.9 Å². The summed E-state index contributed by atoms with van der Waals surface area (Å²) in [6.45, 7) is 1.72. The first-order valence-corrected chi connectivity index (χ1v) is 12.3. The predicted molar refractivity (Wildman–Crippen MR) is 135 cm³/mol. The zero-order chi connectivity index (χ0) is 23.1. The first-order chi connectivity index (χ1) is 15.9. The van der Waals surface area contributed by atoms with Gasteiger partial charge in [0, 0.05) is 16.0 Å². The molecule has 0 unspecified atom stereocenters. The van der Waals surface area contributed by atoms with E-state index >= 15 is 0 Å². The number of hydrogen-bond acceptors (Lipinski definition) is 5. The lowest BCUT2D eigenvalue weighted by molar-refractivity contribution is 0.0701. The molecule has 2 heterocycles. The third kappa shape index (κ3) is 4.07. The Bertz CT molecular complexity index is 1300. The second-order valence-corrected chi connectivity index (χ2v) is 9.99. The van der Waals surface area contributed by atoms with E-state index in [1.165, 1.54) is 0 Å². The summed E-state index contributed by atoms with van der Waals surface area (Å²) in [5.41, 5.74) is 4.55. The van der Waals surface area contributed by atoms with E-state index < -0.39 is 5.97 Å². The van der Waals surface area contributed by atoms with Crippen LogP contribution in [0.25, 0.3) is 6.08 Å². The molecule has 0 spiro atoms. The number of nitrogens with zero attached hydrogens (tertiary/aromatic N) is 3. The van der Waals surface area contributed by atoms with Crippen LogP contribution in [0.5, 0.6) is 0 Å². The summed E-state index contributed by atoms with van der Waals surface area (Å²) in [4.78, 5) is 16.5. The van der Waals surface area contributed by atoms with Gasteiger partial charge in [0.1, 0.15) is 4.88 Å². The van der Waals surface area contributed by atoms with Crippen LogP contribution in [-0.4, -0.2) is 21.8 Å². The number of hydrazone groups is 1. The van der Waals surface area contributed by atoms with Gasteiger partial charge < -0.3 is 5.11 Å². The fraction of sp³-hybridized carbons (Fsp3) is 0.240. The number of halogens is 2. The maximum Gasteiger partial charge on any atom is 0.347 e. The van der Waals surface area contributed by atoms with Crippen molar-refractivity contribution in [1.82, 2.24) is 4.98 Å². The van der Waals surface area contributed by atoms with Gasteiger partial charge in [0.25, 0.3) is 0 Å². The molecule has 5 nitrogen and oxygen atoms in total. The number of benzene rings is 2. The predicted octanol–water partition coefficient (Wildman–Crippen LogP) is 7.26. The normalized spacial score (nSPS) is 21.2. The van der Waals surface area contributed by atoms with Crippen LogP contribution in [0.3, 0.4) is 0 Å². The van der Waals surface area contributed by atoms with Crippen LogP contribution in [0.4, 0.5) is 5.13 Å². The highest BCUT2D eigenvalue weighted by Gasteiger charge is 2.44. The van der Waals surface area contributed by atoms with Crippen LogP contribution in [0.2, 0.25) is 10.0 Å². The number of fused-ring (bicyclic) bond motifs is 1. The van der Waals surface area contributed by atoms with Gasteiger partial charge in [-0.05, 0) is 61.1 Å². The number of aromatic nitrogens is 1. The van der Waals surface area contributed by atoms with Crippen LogP contribution in [0, 0.1) is 12.8 Å². The number of thiazole rings is 1. The lowest BCUT2D eigenvalue weighted by atomic mass is 9.77. The lowest BCUT2D eigenvalue weighted by Crippen LogP contribution is -2.28. The Morgan fingerprint density at radius 3 is 2.58 bits per heavy atom. The minimum atomic E-state index is -0.978. The van der Waals surface area contributed by atoms with Crippen molar-refractivity contribution in [2.45, 2.75) is 32.2 Å². The van der Waals surface area contributed by atoms with Crippen LogP contribution in [0.1, 0.15) is 51.8 Å². The quantitative estimate of drug-likeness (QED) is 0.411. The Morgan fingerprint density at radius 2 is 1.88 bits per heavy atom. The van der Waals surface area contributed by atoms with E-state index in [1.54, 1.807) is 6.92 Å². The van der Waals surface area contributed by atoms with Crippen molar-refractivity contribution in [1.29, 1.82) is 0 Å². The highest BCUT2D eigenvalue weighted by atomic mass is 35.5. The van der Waals surface area contributed by atoms with Gasteiger partial charge in [-0.25, -0.2) is 14.8 Å². The molecule has 8 heteroatoms. The monoisotopic (exact) mass is 497 g/mol. The molecule has 2 aliphatic rings. The second-order valence-electron chi connectivity index (χ2n) is 8.20. The number of anilines is 1. The van der Waals surface area contributed by atoms with E-state index in [-0.39, 0.29) is 16.8 Å². The van der Waals surface area contributed by atoms with Crippen molar-refractivity contribution in [3.63, 3.8) is 0 Å². The number of carbonyl (C=O) groups is 1. The second kappa shape index (κ2) is 8.93. The fourth-order valence-electron chi connectivity index (χ4n) is 4.64. The number of rotatable bonds is 4. The Hall–Kier alpha value is -2.67. The molecular formula is C25H21Cl2N3O2S. The molecular weight excluding hydrogens is 477 g/mol. The maximum absolute atomic E-state index is 11.7.